The molecule has 3 rings (SSSR count). The molecule has 138 valence electrons. The zero-order valence-electron chi connectivity index (χ0n) is 13.9. The van der Waals surface area contributed by atoms with Crippen molar-refractivity contribution in [3.05, 3.63) is 45.5 Å². The molecule has 0 aliphatic heterocycles. The Balaban J connectivity index is 2.37. The van der Waals surface area contributed by atoms with Gasteiger partial charge in [0.05, 0.1) is 21.9 Å². The fourth-order valence-electron chi connectivity index (χ4n) is 3.03. The molecule has 0 aromatic heterocycles. The van der Waals surface area contributed by atoms with Gasteiger partial charge in [0.1, 0.15) is 40.1 Å². The van der Waals surface area contributed by atoms with E-state index in [1.165, 1.54) is 12.1 Å². The summed E-state index contributed by atoms with van der Waals surface area (Å²) in [7, 11) is 0. The molecule has 27 heavy (non-hydrogen) atoms. The number of carbonyl (C=O) groups excluding carboxylic acids is 2. The van der Waals surface area contributed by atoms with Crippen molar-refractivity contribution in [2.24, 2.45) is 0 Å². The highest BCUT2D eigenvalue weighted by Crippen LogP contribution is 2.48. The number of Topliss-reactive ketones (excluding diaryl/α,β-unsaturated/α-hetero) is 2. The minimum Gasteiger partial charge on any atom is -0.507 e. The molecule has 0 radical (unpaired) electrons. The summed E-state index contributed by atoms with van der Waals surface area (Å²) >= 11 is 0. The molecular formula is C19H14O8. The molecule has 0 fully saturated rings. The summed E-state index contributed by atoms with van der Waals surface area (Å²) in [5.74, 6) is -5.67. The number of benzene rings is 2. The molecule has 0 saturated heterocycles. The van der Waals surface area contributed by atoms with E-state index in [0.717, 1.165) is 13.0 Å². The number of ketones is 2. The van der Waals surface area contributed by atoms with E-state index < -0.39 is 68.3 Å². The number of rotatable bonds is 2. The Morgan fingerprint density at radius 3 is 1.89 bits per heavy atom. The number of aromatic hydroxyl groups is 5. The molecule has 0 saturated carbocycles. The second-order valence-electron chi connectivity index (χ2n) is 6.01. The van der Waals surface area contributed by atoms with Crippen molar-refractivity contribution in [3.8, 4) is 28.7 Å². The van der Waals surface area contributed by atoms with E-state index in [9.17, 15) is 40.2 Å². The number of hydrogen-bond donors (Lipinski definition) is 6. The summed E-state index contributed by atoms with van der Waals surface area (Å²) in [4.78, 5) is 24.2. The lowest BCUT2D eigenvalue weighted by Crippen LogP contribution is -2.28. The third-order valence-corrected chi connectivity index (χ3v) is 4.20. The monoisotopic (exact) mass is 370 g/mol. The molecule has 6 N–H and O–H groups in total. The van der Waals surface area contributed by atoms with Crippen molar-refractivity contribution < 1.29 is 40.2 Å². The number of phenolic OH excluding ortho intramolecular Hbond substituents is 5. The van der Waals surface area contributed by atoms with Gasteiger partial charge in [0, 0.05) is 6.07 Å². The number of aliphatic hydroxyl groups is 1. The second-order valence-corrected chi connectivity index (χ2v) is 6.01. The SMILES string of the molecule is C=c1cc(O)c(=C2C(=O)C(c3c(O)cc(O)c(C(C)=O)c3O)=C2O)c(O)c1. The van der Waals surface area contributed by atoms with Gasteiger partial charge in [0.15, 0.2) is 5.78 Å². The molecule has 8 heteroatoms. The lowest BCUT2D eigenvalue weighted by atomic mass is 9.80. The Hall–Kier alpha value is -3.94. The Bertz CT molecular complexity index is 1160. The van der Waals surface area contributed by atoms with E-state index >= 15 is 0 Å². The Kier molecular flexibility index (Phi) is 3.84. The van der Waals surface area contributed by atoms with Crippen molar-refractivity contribution in [3.63, 3.8) is 0 Å². The second kappa shape index (κ2) is 5.80. The van der Waals surface area contributed by atoms with Gasteiger partial charge < -0.3 is 30.6 Å². The van der Waals surface area contributed by atoms with Gasteiger partial charge in [-0.2, -0.15) is 0 Å². The average molecular weight is 370 g/mol. The molecule has 2 aromatic rings. The van der Waals surface area contributed by atoms with Crippen LogP contribution in [0.25, 0.3) is 17.7 Å². The molecule has 8 nitrogen and oxygen atoms in total. The smallest absolute Gasteiger partial charge is 0.202 e. The minimum absolute atomic E-state index is 0.268. The van der Waals surface area contributed by atoms with Gasteiger partial charge in [-0.3, -0.25) is 9.59 Å². The van der Waals surface area contributed by atoms with Crippen LogP contribution in [0.2, 0.25) is 0 Å². The van der Waals surface area contributed by atoms with Crippen molar-refractivity contribution >= 4 is 29.3 Å². The third kappa shape index (κ3) is 2.46. The van der Waals surface area contributed by atoms with Crippen molar-refractivity contribution in [1.29, 1.82) is 0 Å². The van der Waals surface area contributed by atoms with Crippen molar-refractivity contribution in [2.45, 2.75) is 6.92 Å². The molecule has 1 aliphatic rings. The molecule has 0 atom stereocenters. The summed E-state index contributed by atoms with van der Waals surface area (Å²) < 4.78 is 0. The summed E-state index contributed by atoms with van der Waals surface area (Å²) in [5.41, 5.74) is -2.04. The molecule has 0 bridgehead atoms. The standard InChI is InChI=1S/C19H14O8/c1-6-3-8(21)13(9(22)4-6)15-18(26)16(19(15)27)14-11(24)5-10(23)12(7(2)20)17(14)25/h3-5,21-26H,1H2,2H3. The van der Waals surface area contributed by atoms with Crippen LogP contribution in [0.1, 0.15) is 22.8 Å². The Labute approximate surface area is 151 Å². The van der Waals surface area contributed by atoms with Crippen LogP contribution in [0.4, 0.5) is 0 Å². The van der Waals surface area contributed by atoms with Crippen LogP contribution < -0.4 is 10.4 Å². The van der Waals surface area contributed by atoms with Gasteiger partial charge in [-0.05, 0) is 24.3 Å². The third-order valence-electron chi connectivity index (χ3n) is 4.20. The fourth-order valence-corrected chi connectivity index (χ4v) is 3.03. The van der Waals surface area contributed by atoms with Crippen LogP contribution in [0.3, 0.4) is 0 Å². The van der Waals surface area contributed by atoms with E-state index in [1.807, 2.05) is 0 Å². The maximum atomic E-state index is 12.6. The molecule has 0 amide bonds. The summed E-state index contributed by atoms with van der Waals surface area (Å²) in [6.45, 7) is 4.59. The van der Waals surface area contributed by atoms with Crippen molar-refractivity contribution in [1.82, 2.24) is 0 Å². The fraction of sp³-hybridized carbons (Fsp3) is 0.0526. The van der Waals surface area contributed by atoms with Crippen LogP contribution in [0.5, 0.6) is 28.7 Å². The molecule has 0 spiro atoms. The van der Waals surface area contributed by atoms with Gasteiger partial charge in [-0.25, -0.2) is 0 Å². The largest absolute Gasteiger partial charge is 0.507 e. The number of aliphatic hydroxyl groups excluding tert-OH is 1. The van der Waals surface area contributed by atoms with Gasteiger partial charge in [0.2, 0.25) is 5.78 Å². The lowest BCUT2D eigenvalue weighted by Gasteiger charge is -2.24. The maximum Gasteiger partial charge on any atom is 0.202 e. The Morgan fingerprint density at radius 1 is 0.852 bits per heavy atom. The van der Waals surface area contributed by atoms with E-state index in [2.05, 4.69) is 6.58 Å². The minimum atomic E-state index is -0.902. The topological polar surface area (TPSA) is 156 Å². The van der Waals surface area contributed by atoms with Crippen molar-refractivity contribution in [2.75, 3.05) is 0 Å². The van der Waals surface area contributed by atoms with Gasteiger partial charge in [-0.15, -0.1) is 0 Å². The first-order chi connectivity index (χ1) is 12.6. The summed E-state index contributed by atoms with van der Waals surface area (Å²) in [6.07, 6.45) is 0. The van der Waals surface area contributed by atoms with Gasteiger partial charge >= 0.3 is 0 Å². The highest BCUT2D eigenvalue weighted by molar-refractivity contribution is 6.52. The van der Waals surface area contributed by atoms with Crippen LogP contribution in [-0.2, 0) is 4.79 Å². The molecule has 0 unspecified atom stereocenters. The summed E-state index contributed by atoms with van der Waals surface area (Å²) in [6, 6.07) is 3.09. The first kappa shape index (κ1) is 17.9. The van der Waals surface area contributed by atoms with Crippen LogP contribution in [0.15, 0.2) is 24.0 Å². The lowest BCUT2D eigenvalue weighted by molar-refractivity contribution is -0.110. The zero-order chi connectivity index (χ0) is 20.2. The Morgan fingerprint density at radius 2 is 1.41 bits per heavy atom. The normalized spacial score (nSPS) is 13.7. The number of phenols is 5. The van der Waals surface area contributed by atoms with Gasteiger partial charge in [-0.1, -0.05) is 6.58 Å². The average Bonchev–Trinajstić information content (AvgIpc) is 2.53. The van der Waals surface area contributed by atoms with E-state index in [-0.39, 0.29) is 10.4 Å². The summed E-state index contributed by atoms with van der Waals surface area (Å²) in [5, 5.41) is 60.2. The molecule has 2 aromatic carbocycles. The van der Waals surface area contributed by atoms with Crippen LogP contribution in [-0.4, -0.2) is 42.2 Å². The first-order valence-corrected chi connectivity index (χ1v) is 7.59. The quantitative estimate of drug-likeness (QED) is 0.418. The predicted octanol–water partition coefficient (Wildman–Crippen LogP) is 0.530. The van der Waals surface area contributed by atoms with Gasteiger partial charge in [0.25, 0.3) is 0 Å². The maximum absolute atomic E-state index is 12.6. The van der Waals surface area contributed by atoms with E-state index in [1.54, 1.807) is 0 Å². The van der Waals surface area contributed by atoms with E-state index in [0.29, 0.717) is 0 Å². The molecular weight excluding hydrogens is 356 g/mol. The van der Waals surface area contributed by atoms with Crippen LogP contribution >= 0.6 is 0 Å². The number of carbonyl (C=O) groups is 2. The predicted molar refractivity (Wildman–Crippen MR) is 93.9 cm³/mol. The highest BCUT2D eigenvalue weighted by Gasteiger charge is 2.40. The first-order valence-electron chi connectivity index (χ1n) is 7.59. The number of allylic oxidation sites excluding steroid dienone is 2. The van der Waals surface area contributed by atoms with E-state index in [4.69, 9.17) is 0 Å². The van der Waals surface area contributed by atoms with Crippen LogP contribution in [0, 0.1) is 0 Å². The molecule has 0 heterocycles. The number of hydrogen-bond acceptors (Lipinski definition) is 8. The molecule has 1 aliphatic carbocycles. The highest BCUT2D eigenvalue weighted by atomic mass is 16.3. The zero-order valence-corrected chi connectivity index (χ0v) is 13.9.